The lowest BCUT2D eigenvalue weighted by Crippen LogP contribution is -2.27. The van der Waals surface area contributed by atoms with Crippen LogP contribution in [-0.2, 0) is 5.75 Å². The van der Waals surface area contributed by atoms with Gasteiger partial charge in [0.15, 0.2) is 0 Å². The van der Waals surface area contributed by atoms with Crippen molar-refractivity contribution >= 4 is 23.3 Å². The van der Waals surface area contributed by atoms with Crippen molar-refractivity contribution in [2.24, 2.45) is 0 Å². The van der Waals surface area contributed by atoms with Gasteiger partial charge in [0.05, 0.1) is 5.69 Å². The van der Waals surface area contributed by atoms with E-state index in [1.54, 1.807) is 11.8 Å². The maximum absolute atomic E-state index is 12.3. The second-order valence-electron chi connectivity index (χ2n) is 6.01. The minimum Gasteiger partial charge on any atom is -0.339 e. The smallest absolute Gasteiger partial charge is 0.253 e. The number of thioether (sulfide) groups is 1. The van der Waals surface area contributed by atoms with Gasteiger partial charge in [-0.3, -0.25) is 4.79 Å². The van der Waals surface area contributed by atoms with Crippen molar-refractivity contribution in [2.75, 3.05) is 13.1 Å². The number of amides is 1. The van der Waals surface area contributed by atoms with E-state index >= 15 is 0 Å². The standard InChI is InChI=1S/C19H19N3OS/c23-19(21-10-3-4-11-21)15-6-8-17(9-7-15)24-14-16-13-22-12-2-1-5-18(22)20-16/h1-2,5-9,12-13H,3-4,10-11,14H2. The highest BCUT2D eigenvalue weighted by Gasteiger charge is 2.19. The number of hydrogen-bond acceptors (Lipinski definition) is 3. The molecule has 0 saturated carbocycles. The summed E-state index contributed by atoms with van der Waals surface area (Å²) in [5.74, 6) is 0.977. The topological polar surface area (TPSA) is 37.6 Å². The molecule has 1 fully saturated rings. The summed E-state index contributed by atoms with van der Waals surface area (Å²) in [5, 5.41) is 0. The molecule has 3 aromatic rings. The number of aromatic nitrogens is 2. The number of pyridine rings is 1. The molecule has 1 aliphatic heterocycles. The van der Waals surface area contributed by atoms with Crippen molar-refractivity contribution in [2.45, 2.75) is 23.5 Å². The molecule has 122 valence electrons. The van der Waals surface area contributed by atoms with Gasteiger partial charge in [0.25, 0.3) is 5.91 Å². The summed E-state index contributed by atoms with van der Waals surface area (Å²) < 4.78 is 2.04. The molecule has 0 unspecified atom stereocenters. The summed E-state index contributed by atoms with van der Waals surface area (Å²) in [6.45, 7) is 1.78. The molecule has 4 rings (SSSR count). The van der Waals surface area contributed by atoms with Gasteiger partial charge in [-0.15, -0.1) is 11.8 Å². The Labute approximate surface area is 145 Å². The Morgan fingerprint density at radius 2 is 1.88 bits per heavy atom. The first kappa shape index (κ1) is 15.3. The second kappa shape index (κ2) is 6.69. The van der Waals surface area contributed by atoms with E-state index in [0.29, 0.717) is 0 Å². The van der Waals surface area contributed by atoms with Crippen LogP contribution in [-0.4, -0.2) is 33.3 Å². The first-order chi connectivity index (χ1) is 11.8. The van der Waals surface area contributed by atoms with Crippen LogP contribution >= 0.6 is 11.8 Å². The molecule has 1 amide bonds. The zero-order valence-electron chi connectivity index (χ0n) is 13.4. The lowest BCUT2D eigenvalue weighted by molar-refractivity contribution is 0.0793. The molecule has 4 nitrogen and oxygen atoms in total. The van der Waals surface area contributed by atoms with Crippen LogP contribution in [0, 0.1) is 0 Å². The molecular formula is C19H19N3OS. The van der Waals surface area contributed by atoms with Crippen LogP contribution in [0.15, 0.2) is 59.8 Å². The molecule has 1 aromatic carbocycles. The molecule has 1 saturated heterocycles. The molecule has 0 atom stereocenters. The molecule has 0 spiro atoms. The maximum atomic E-state index is 12.3. The number of likely N-dealkylation sites (tertiary alicyclic amines) is 1. The molecule has 2 aromatic heterocycles. The van der Waals surface area contributed by atoms with Gasteiger partial charge >= 0.3 is 0 Å². The van der Waals surface area contributed by atoms with Crippen molar-refractivity contribution in [3.8, 4) is 0 Å². The highest BCUT2D eigenvalue weighted by molar-refractivity contribution is 7.98. The van der Waals surface area contributed by atoms with Crippen LogP contribution in [0.5, 0.6) is 0 Å². The van der Waals surface area contributed by atoms with Crippen LogP contribution in [0.3, 0.4) is 0 Å². The summed E-state index contributed by atoms with van der Waals surface area (Å²) in [6, 6.07) is 13.9. The minimum atomic E-state index is 0.157. The Morgan fingerprint density at radius 3 is 2.62 bits per heavy atom. The summed E-state index contributed by atoms with van der Waals surface area (Å²) in [5.41, 5.74) is 2.82. The lowest BCUT2D eigenvalue weighted by atomic mass is 10.2. The average Bonchev–Trinajstić information content (AvgIpc) is 3.29. The van der Waals surface area contributed by atoms with E-state index in [1.807, 2.05) is 58.0 Å². The van der Waals surface area contributed by atoms with Gasteiger partial charge in [0, 0.05) is 41.7 Å². The van der Waals surface area contributed by atoms with E-state index in [9.17, 15) is 4.79 Å². The van der Waals surface area contributed by atoms with Gasteiger partial charge in [-0.1, -0.05) is 6.07 Å². The monoisotopic (exact) mass is 337 g/mol. The van der Waals surface area contributed by atoms with Gasteiger partial charge in [-0.2, -0.15) is 0 Å². The highest BCUT2D eigenvalue weighted by atomic mass is 32.2. The predicted molar refractivity (Wildman–Crippen MR) is 96.3 cm³/mol. The average molecular weight is 337 g/mol. The molecule has 5 heteroatoms. The Bertz CT molecular complexity index is 817. The van der Waals surface area contributed by atoms with Crippen LogP contribution in [0.4, 0.5) is 0 Å². The molecule has 0 bridgehead atoms. The largest absolute Gasteiger partial charge is 0.339 e. The molecule has 1 aliphatic rings. The third kappa shape index (κ3) is 3.17. The normalized spacial score (nSPS) is 14.4. The van der Waals surface area contributed by atoms with Crippen molar-refractivity contribution in [1.29, 1.82) is 0 Å². The zero-order chi connectivity index (χ0) is 16.4. The minimum absolute atomic E-state index is 0.157. The van der Waals surface area contributed by atoms with Crippen LogP contribution in [0.1, 0.15) is 28.9 Å². The number of carbonyl (C=O) groups excluding carboxylic acids is 1. The summed E-state index contributed by atoms with van der Waals surface area (Å²) in [4.78, 5) is 20.1. The molecule has 0 aliphatic carbocycles. The van der Waals surface area contributed by atoms with E-state index in [1.165, 1.54) is 0 Å². The quantitative estimate of drug-likeness (QED) is 0.679. The molecule has 3 heterocycles. The van der Waals surface area contributed by atoms with Gasteiger partial charge < -0.3 is 9.30 Å². The Hall–Kier alpha value is -2.27. The van der Waals surface area contributed by atoms with Crippen LogP contribution in [0.25, 0.3) is 5.65 Å². The van der Waals surface area contributed by atoms with E-state index in [4.69, 9.17) is 0 Å². The molecular weight excluding hydrogens is 318 g/mol. The summed E-state index contributed by atoms with van der Waals surface area (Å²) in [6.07, 6.45) is 6.32. The number of fused-ring (bicyclic) bond motifs is 1. The molecule has 0 N–H and O–H groups in total. The van der Waals surface area contributed by atoms with Crippen molar-refractivity contribution in [3.63, 3.8) is 0 Å². The first-order valence-corrected chi connectivity index (χ1v) is 9.23. The first-order valence-electron chi connectivity index (χ1n) is 8.24. The predicted octanol–water partition coefficient (Wildman–Crippen LogP) is 3.86. The van der Waals surface area contributed by atoms with E-state index < -0.39 is 0 Å². The van der Waals surface area contributed by atoms with Gasteiger partial charge in [0.2, 0.25) is 0 Å². The van der Waals surface area contributed by atoms with Crippen molar-refractivity contribution < 1.29 is 4.79 Å². The van der Waals surface area contributed by atoms with Crippen LogP contribution in [0.2, 0.25) is 0 Å². The van der Waals surface area contributed by atoms with Gasteiger partial charge in [-0.25, -0.2) is 4.98 Å². The van der Waals surface area contributed by atoms with Crippen molar-refractivity contribution in [3.05, 3.63) is 66.1 Å². The van der Waals surface area contributed by atoms with Crippen molar-refractivity contribution in [1.82, 2.24) is 14.3 Å². The maximum Gasteiger partial charge on any atom is 0.253 e. The summed E-state index contributed by atoms with van der Waals surface area (Å²) in [7, 11) is 0. The number of rotatable bonds is 4. The Kier molecular flexibility index (Phi) is 4.26. The Balaban J connectivity index is 1.40. The fourth-order valence-electron chi connectivity index (χ4n) is 3.01. The SMILES string of the molecule is O=C(c1ccc(SCc2cn3ccccc3n2)cc1)N1CCCC1. The third-order valence-electron chi connectivity index (χ3n) is 4.30. The summed E-state index contributed by atoms with van der Waals surface area (Å²) >= 11 is 1.74. The number of nitrogens with zero attached hydrogens (tertiary/aromatic N) is 3. The highest BCUT2D eigenvalue weighted by Crippen LogP contribution is 2.23. The fourth-order valence-corrected chi connectivity index (χ4v) is 3.79. The third-order valence-corrected chi connectivity index (χ3v) is 5.34. The van der Waals surface area contributed by atoms with E-state index in [0.717, 1.165) is 53.5 Å². The van der Waals surface area contributed by atoms with Gasteiger partial charge in [-0.05, 0) is 49.2 Å². The molecule has 0 radical (unpaired) electrons. The number of carbonyl (C=O) groups is 1. The Morgan fingerprint density at radius 1 is 1.08 bits per heavy atom. The van der Waals surface area contributed by atoms with E-state index in [-0.39, 0.29) is 5.91 Å². The fraction of sp³-hybridized carbons (Fsp3) is 0.263. The molecule has 24 heavy (non-hydrogen) atoms. The van der Waals surface area contributed by atoms with Crippen LogP contribution < -0.4 is 0 Å². The number of hydrogen-bond donors (Lipinski definition) is 0. The second-order valence-corrected chi connectivity index (χ2v) is 7.06. The number of benzene rings is 1. The van der Waals surface area contributed by atoms with E-state index in [2.05, 4.69) is 11.2 Å². The number of imidazole rings is 1. The zero-order valence-corrected chi connectivity index (χ0v) is 14.2. The lowest BCUT2D eigenvalue weighted by Gasteiger charge is -2.15. The van der Waals surface area contributed by atoms with Gasteiger partial charge in [0.1, 0.15) is 5.65 Å².